The number of carbonyl (C=O) groups is 1. The van der Waals surface area contributed by atoms with Gasteiger partial charge in [0.2, 0.25) is 0 Å². The smallest absolute Gasteiger partial charge is 0.304 e. The van der Waals surface area contributed by atoms with Crippen molar-refractivity contribution in [2.24, 2.45) is 0 Å². The molecule has 1 heterocycles. The summed E-state index contributed by atoms with van der Waals surface area (Å²) >= 11 is 0. The van der Waals surface area contributed by atoms with Crippen LogP contribution in [-0.2, 0) is 10.2 Å². The van der Waals surface area contributed by atoms with Gasteiger partial charge in [-0.05, 0) is 56.4 Å². The van der Waals surface area contributed by atoms with Crippen molar-refractivity contribution in [3.8, 4) is 0 Å². The summed E-state index contributed by atoms with van der Waals surface area (Å²) in [7, 11) is 2.19. The molecule has 116 valence electrons. The van der Waals surface area contributed by atoms with Crippen LogP contribution < -0.4 is 0 Å². The highest BCUT2D eigenvalue weighted by Crippen LogP contribution is 2.32. The van der Waals surface area contributed by atoms with Crippen molar-refractivity contribution in [1.29, 1.82) is 0 Å². The maximum Gasteiger partial charge on any atom is 0.304 e. The number of carboxylic acids is 1. The predicted molar refractivity (Wildman–Crippen MR) is 85.8 cm³/mol. The Kier molecular flexibility index (Phi) is 5.04. The van der Waals surface area contributed by atoms with Crippen LogP contribution in [0.2, 0.25) is 0 Å². The SMILES string of the molecule is CN1CCCC(c2cccc(C(C)(C)CC(=O)O)c2)CC1. The highest BCUT2D eigenvalue weighted by Gasteiger charge is 2.25. The van der Waals surface area contributed by atoms with Gasteiger partial charge in [-0.1, -0.05) is 38.1 Å². The Morgan fingerprint density at radius 1 is 1.33 bits per heavy atom. The van der Waals surface area contributed by atoms with Crippen LogP contribution >= 0.6 is 0 Å². The third kappa shape index (κ3) is 4.31. The van der Waals surface area contributed by atoms with Crippen molar-refractivity contribution < 1.29 is 9.90 Å². The normalized spacial score (nSPS) is 21.0. The molecule has 1 fully saturated rings. The summed E-state index contributed by atoms with van der Waals surface area (Å²) in [6.07, 6.45) is 3.83. The predicted octanol–water partition coefficient (Wildman–Crippen LogP) is 3.64. The molecule has 3 nitrogen and oxygen atoms in total. The molecular weight excluding hydrogens is 262 g/mol. The minimum absolute atomic E-state index is 0.170. The summed E-state index contributed by atoms with van der Waals surface area (Å²) in [4.78, 5) is 13.5. The molecule has 0 radical (unpaired) electrons. The Morgan fingerprint density at radius 2 is 2.10 bits per heavy atom. The molecule has 0 amide bonds. The van der Waals surface area contributed by atoms with E-state index in [4.69, 9.17) is 5.11 Å². The fraction of sp³-hybridized carbons (Fsp3) is 0.611. The van der Waals surface area contributed by atoms with Crippen molar-refractivity contribution in [3.63, 3.8) is 0 Å². The van der Waals surface area contributed by atoms with E-state index in [1.54, 1.807) is 0 Å². The van der Waals surface area contributed by atoms with Crippen LogP contribution in [0.15, 0.2) is 24.3 Å². The second-order valence-electron chi connectivity index (χ2n) is 7.01. The Hall–Kier alpha value is -1.35. The monoisotopic (exact) mass is 289 g/mol. The second kappa shape index (κ2) is 6.61. The highest BCUT2D eigenvalue weighted by molar-refractivity contribution is 5.68. The molecule has 1 aromatic rings. The molecular formula is C18H27NO2. The van der Waals surface area contributed by atoms with Crippen molar-refractivity contribution in [2.45, 2.75) is 50.9 Å². The zero-order valence-corrected chi connectivity index (χ0v) is 13.4. The van der Waals surface area contributed by atoms with Crippen LogP contribution in [0.3, 0.4) is 0 Å². The average Bonchev–Trinajstić information content (AvgIpc) is 2.62. The highest BCUT2D eigenvalue weighted by atomic mass is 16.4. The molecule has 1 N–H and O–H groups in total. The topological polar surface area (TPSA) is 40.5 Å². The van der Waals surface area contributed by atoms with Crippen molar-refractivity contribution in [1.82, 2.24) is 4.90 Å². The number of carboxylic acid groups (broad SMARTS) is 1. The van der Waals surface area contributed by atoms with E-state index in [-0.39, 0.29) is 11.8 Å². The van der Waals surface area contributed by atoms with Gasteiger partial charge in [-0.3, -0.25) is 4.79 Å². The number of nitrogens with zero attached hydrogens (tertiary/aromatic N) is 1. The minimum Gasteiger partial charge on any atom is -0.481 e. The molecule has 3 heteroatoms. The third-order valence-electron chi connectivity index (χ3n) is 4.68. The second-order valence-corrected chi connectivity index (χ2v) is 7.01. The average molecular weight is 289 g/mol. The number of rotatable bonds is 4. The first-order valence-electron chi connectivity index (χ1n) is 7.89. The number of likely N-dealkylation sites (tertiary alicyclic amines) is 1. The van der Waals surface area contributed by atoms with Crippen molar-refractivity contribution in [3.05, 3.63) is 35.4 Å². The van der Waals surface area contributed by atoms with Gasteiger partial charge in [0, 0.05) is 5.41 Å². The summed E-state index contributed by atoms with van der Waals surface area (Å²) in [6, 6.07) is 8.59. The van der Waals surface area contributed by atoms with E-state index in [2.05, 4.69) is 36.2 Å². The summed E-state index contributed by atoms with van der Waals surface area (Å²) in [5, 5.41) is 9.09. The zero-order chi connectivity index (χ0) is 15.5. The van der Waals surface area contributed by atoms with E-state index < -0.39 is 5.97 Å². The van der Waals surface area contributed by atoms with Crippen molar-refractivity contribution in [2.75, 3.05) is 20.1 Å². The van der Waals surface area contributed by atoms with E-state index in [1.165, 1.54) is 31.4 Å². The van der Waals surface area contributed by atoms with Gasteiger partial charge < -0.3 is 10.0 Å². The van der Waals surface area contributed by atoms with Gasteiger partial charge in [0.05, 0.1) is 6.42 Å². The first-order chi connectivity index (χ1) is 9.88. The Labute approximate surface area is 128 Å². The molecule has 0 aliphatic carbocycles. The molecule has 1 atom stereocenters. The number of benzene rings is 1. The van der Waals surface area contributed by atoms with Crippen LogP contribution in [-0.4, -0.2) is 36.1 Å². The first-order valence-corrected chi connectivity index (χ1v) is 7.89. The lowest BCUT2D eigenvalue weighted by atomic mass is 9.79. The lowest BCUT2D eigenvalue weighted by Gasteiger charge is -2.25. The van der Waals surface area contributed by atoms with Gasteiger partial charge in [0.15, 0.2) is 0 Å². The molecule has 0 aromatic heterocycles. The molecule has 1 aliphatic rings. The zero-order valence-electron chi connectivity index (χ0n) is 13.4. The Morgan fingerprint density at radius 3 is 2.81 bits per heavy atom. The molecule has 1 saturated heterocycles. The minimum atomic E-state index is -0.735. The molecule has 1 aromatic carbocycles. The first kappa shape index (κ1) is 16.0. The molecule has 0 spiro atoms. The van der Waals surface area contributed by atoms with E-state index in [1.807, 2.05) is 13.8 Å². The Bertz CT molecular complexity index is 496. The lowest BCUT2D eigenvalue weighted by Crippen LogP contribution is -2.22. The number of aliphatic carboxylic acids is 1. The van der Waals surface area contributed by atoms with Crippen molar-refractivity contribution >= 4 is 5.97 Å². The number of hydrogen-bond acceptors (Lipinski definition) is 2. The summed E-state index contributed by atoms with van der Waals surface area (Å²) in [5.74, 6) is -0.128. The largest absolute Gasteiger partial charge is 0.481 e. The molecule has 0 bridgehead atoms. The molecule has 1 aliphatic heterocycles. The summed E-state index contributed by atoms with van der Waals surface area (Å²) in [5.41, 5.74) is 2.20. The fourth-order valence-corrected chi connectivity index (χ4v) is 3.27. The molecule has 21 heavy (non-hydrogen) atoms. The molecule has 2 rings (SSSR count). The fourth-order valence-electron chi connectivity index (χ4n) is 3.27. The van der Waals surface area contributed by atoms with Gasteiger partial charge >= 0.3 is 5.97 Å². The molecule has 0 saturated carbocycles. The van der Waals surface area contributed by atoms with Gasteiger partial charge in [0.1, 0.15) is 0 Å². The standard InChI is InChI=1S/C18H27NO2/c1-18(2,13-17(20)21)16-8-4-6-15(12-16)14-7-5-10-19(3)11-9-14/h4,6,8,12,14H,5,7,9-11,13H2,1-3H3,(H,20,21). The van der Waals surface area contributed by atoms with E-state index >= 15 is 0 Å². The molecule has 1 unspecified atom stereocenters. The Balaban J connectivity index is 2.19. The van der Waals surface area contributed by atoms with E-state index in [9.17, 15) is 4.79 Å². The maximum absolute atomic E-state index is 11.1. The summed E-state index contributed by atoms with van der Waals surface area (Å²) in [6.45, 7) is 6.36. The maximum atomic E-state index is 11.1. The van der Waals surface area contributed by atoms with Gasteiger partial charge in [0.25, 0.3) is 0 Å². The van der Waals surface area contributed by atoms with Gasteiger partial charge in [-0.15, -0.1) is 0 Å². The number of hydrogen-bond donors (Lipinski definition) is 1. The van der Waals surface area contributed by atoms with Crippen LogP contribution in [0.4, 0.5) is 0 Å². The van der Waals surface area contributed by atoms with Crippen LogP contribution in [0, 0.1) is 0 Å². The van der Waals surface area contributed by atoms with Crippen LogP contribution in [0.25, 0.3) is 0 Å². The van der Waals surface area contributed by atoms with E-state index in [0.29, 0.717) is 5.92 Å². The van der Waals surface area contributed by atoms with Gasteiger partial charge in [-0.25, -0.2) is 0 Å². The lowest BCUT2D eigenvalue weighted by molar-refractivity contribution is -0.138. The summed E-state index contributed by atoms with van der Waals surface area (Å²) < 4.78 is 0. The van der Waals surface area contributed by atoms with Crippen LogP contribution in [0.1, 0.15) is 56.6 Å². The van der Waals surface area contributed by atoms with E-state index in [0.717, 1.165) is 12.1 Å². The van der Waals surface area contributed by atoms with Crippen LogP contribution in [0.5, 0.6) is 0 Å². The third-order valence-corrected chi connectivity index (χ3v) is 4.68. The van der Waals surface area contributed by atoms with Gasteiger partial charge in [-0.2, -0.15) is 0 Å². The quantitative estimate of drug-likeness (QED) is 0.920.